The first-order chi connectivity index (χ1) is 8.54. The molecular formula is C15H28N2O. The first-order valence-electron chi connectivity index (χ1n) is 7.60. The molecule has 0 aromatic carbocycles. The molecule has 2 saturated carbocycles. The zero-order chi connectivity index (χ0) is 13.1. The van der Waals surface area contributed by atoms with Gasteiger partial charge < -0.3 is 11.1 Å². The van der Waals surface area contributed by atoms with E-state index in [2.05, 4.69) is 19.2 Å². The van der Waals surface area contributed by atoms with E-state index in [1.807, 2.05) is 0 Å². The predicted molar refractivity (Wildman–Crippen MR) is 74.0 cm³/mol. The number of carbonyl (C=O) groups is 1. The van der Waals surface area contributed by atoms with E-state index in [0.717, 1.165) is 50.4 Å². The molecule has 1 amide bonds. The lowest BCUT2D eigenvalue weighted by Crippen LogP contribution is -2.45. The molecule has 2 fully saturated rings. The van der Waals surface area contributed by atoms with Gasteiger partial charge in [-0.15, -0.1) is 0 Å². The minimum absolute atomic E-state index is 0.168. The second-order valence-electron chi connectivity index (χ2n) is 6.75. The van der Waals surface area contributed by atoms with E-state index in [1.54, 1.807) is 0 Å². The summed E-state index contributed by atoms with van der Waals surface area (Å²) in [4.78, 5) is 12.3. The van der Waals surface area contributed by atoms with Gasteiger partial charge in [-0.2, -0.15) is 0 Å². The summed E-state index contributed by atoms with van der Waals surface area (Å²) in [5.74, 6) is 1.91. The quantitative estimate of drug-likeness (QED) is 0.793. The van der Waals surface area contributed by atoms with Gasteiger partial charge in [-0.1, -0.05) is 20.3 Å². The number of nitrogens with one attached hydrogen (secondary N) is 1. The average molecular weight is 252 g/mol. The molecule has 0 aromatic heterocycles. The van der Waals surface area contributed by atoms with Crippen molar-refractivity contribution >= 4 is 5.91 Å². The second kappa shape index (κ2) is 6.05. The van der Waals surface area contributed by atoms with Crippen molar-refractivity contribution in [2.24, 2.45) is 23.5 Å². The van der Waals surface area contributed by atoms with E-state index in [4.69, 9.17) is 5.73 Å². The largest absolute Gasteiger partial charge is 0.353 e. The third kappa shape index (κ3) is 3.71. The lowest BCUT2D eigenvalue weighted by Gasteiger charge is -2.34. The van der Waals surface area contributed by atoms with Crippen LogP contribution in [0.2, 0.25) is 0 Å². The lowest BCUT2D eigenvalue weighted by atomic mass is 9.79. The van der Waals surface area contributed by atoms with Crippen LogP contribution >= 0.6 is 0 Å². The molecule has 0 heterocycles. The van der Waals surface area contributed by atoms with Crippen LogP contribution in [-0.4, -0.2) is 18.0 Å². The molecule has 3 N–H and O–H groups in total. The van der Waals surface area contributed by atoms with Crippen LogP contribution in [0.3, 0.4) is 0 Å². The number of hydrogen-bond donors (Lipinski definition) is 2. The molecule has 104 valence electrons. The fourth-order valence-electron chi connectivity index (χ4n) is 3.85. The van der Waals surface area contributed by atoms with Crippen LogP contribution in [0, 0.1) is 17.8 Å². The minimum Gasteiger partial charge on any atom is -0.353 e. The minimum atomic E-state index is 0.168. The Morgan fingerprint density at radius 1 is 1.06 bits per heavy atom. The Morgan fingerprint density at radius 2 is 1.72 bits per heavy atom. The maximum absolute atomic E-state index is 12.3. The summed E-state index contributed by atoms with van der Waals surface area (Å²) in [6.45, 7) is 4.59. The SMILES string of the molecule is CC1CC(C)CC(NC(=O)C2CCCC(N)C2)C1. The van der Waals surface area contributed by atoms with Gasteiger partial charge in [-0.05, 0) is 50.4 Å². The molecule has 0 saturated heterocycles. The van der Waals surface area contributed by atoms with Gasteiger partial charge in [0.2, 0.25) is 5.91 Å². The summed E-state index contributed by atoms with van der Waals surface area (Å²) in [6.07, 6.45) is 7.70. The van der Waals surface area contributed by atoms with E-state index in [0.29, 0.717) is 6.04 Å². The number of nitrogens with two attached hydrogens (primary N) is 1. The maximum Gasteiger partial charge on any atom is 0.223 e. The van der Waals surface area contributed by atoms with Crippen LogP contribution in [0.4, 0.5) is 0 Å². The van der Waals surface area contributed by atoms with Crippen LogP contribution in [0.25, 0.3) is 0 Å². The van der Waals surface area contributed by atoms with Crippen molar-refractivity contribution in [2.45, 2.75) is 70.9 Å². The molecule has 4 unspecified atom stereocenters. The molecule has 4 atom stereocenters. The van der Waals surface area contributed by atoms with Crippen molar-refractivity contribution in [2.75, 3.05) is 0 Å². The first kappa shape index (κ1) is 13.9. The number of amides is 1. The number of hydrogen-bond acceptors (Lipinski definition) is 2. The first-order valence-corrected chi connectivity index (χ1v) is 7.60. The zero-order valence-corrected chi connectivity index (χ0v) is 11.8. The van der Waals surface area contributed by atoms with Gasteiger partial charge in [0.15, 0.2) is 0 Å². The van der Waals surface area contributed by atoms with Crippen LogP contribution in [-0.2, 0) is 4.79 Å². The highest BCUT2D eigenvalue weighted by atomic mass is 16.1. The Bertz CT molecular complexity index is 282. The highest BCUT2D eigenvalue weighted by Gasteiger charge is 2.29. The standard InChI is InChI=1S/C15H28N2O/c1-10-6-11(2)8-14(7-10)17-15(18)12-4-3-5-13(16)9-12/h10-14H,3-9,16H2,1-2H3,(H,17,18). The van der Waals surface area contributed by atoms with E-state index in [-0.39, 0.29) is 17.9 Å². The zero-order valence-electron chi connectivity index (χ0n) is 11.8. The van der Waals surface area contributed by atoms with E-state index < -0.39 is 0 Å². The monoisotopic (exact) mass is 252 g/mol. The van der Waals surface area contributed by atoms with E-state index in [9.17, 15) is 4.79 Å². The molecule has 0 aliphatic heterocycles. The van der Waals surface area contributed by atoms with Gasteiger partial charge in [-0.25, -0.2) is 0 Å². The number of rotatable bonds is 2. The van der Waals surface area contributed by atoms with Crippen molar-refractivity contribution in [3.05, 3.63) is 0 Å². The third-order valence-corrected chi connectivity index (χ3v) is 4.61. The summed E-state index contributed by atoms with van der Waals surface area (Å²) < 4.78 is 0. The van der Waals surface area contributed by atoms with Crippen LogP contribution < -0.4 is 11.1 Å². The molecule has 3 heteroatoms. The molecule has 18 heavy (non-hydrogen) atoms. The maximum atomic E-state index is 12.3. The molecule has 0 aromatic rings. The highest BCUT2D eigenvalue weighted by molar-refractivity contribution is 5.79. The Kier molecular flexibility index (Phi) is 4.66. The molecule has 0 bridgehead atoms. The average Bonchev–Trinajstić information content (AvgIpc) is 2.27. The summed E-state index contributed by atoms with van der Waals surface area (Å²) in [5, 5.41) is 3.28. The lowest BCUT2D eigenvalue weighted by molar-refractivity contribution is -0.127. The van der Waals surface area contributed by atoms with Gasteiger partial charge in [-0.3, -0.25) is 4.79 Å². The summed E-state index contributed by atoms with van der Waals surface area (Å²) in [6, 6.07) is 0.633. The van der Waals surface area contributed by atoms with Crippen LogP contribution in [0.5, 0.6) is 0 Å². The molecule has 2 aliphatic rings. The normalized spacial score (nSPS) is 41.4. The molecule has 3 nitrogen and oxygen atoms in total. The fourth-order valence-corrected chi connectivity index (χ4v) is 3.85. The van der Waals surface area contributed by atoms with Crippen molar-refractivity contribution < 1.29 is 4.79 Å². The van der Waals surface area contributed by atoms with Gasteiger partial charge in [0.25, 0.3) is 0 Å². The summed E-state index contributed by atoms with van der Waals surface area (Å²) in [7, 11) is 0. The van der Waals surface area contributed by atoms with Gasteiger partial charge in [0.05, 0.1) is 0 Å². The molecular weight excluding hydrogens is 224 g/mol. The van der Waals surface area contributed by atoms with Crippen molar-refractivity contribution in [1.29, 1.82) is 0 Å². The highest BCUT2D eigenvalue weighted by Crippen LogP contribution is 2.29. The van der Waals surface area contributed by atoms with E-state index >= 15 is 0 Å². The Labute approximate surface area is 111 Å². The van der Waals surface area contributed by atoms with E-state index in [1.165, 1.54) is 6.42 Å². The smallest absolute Gasteiger partial charge is 0.223 e. The van der Waals surface area contributed by atoms with Crippen molar-refractivity contribution in [1.82, 2.24) is 5.32 Å². The Morgan fingerprint density at radius 3 is 2.33 bits per heavy atom. The van der Waals surface area contributed by atoms with Crippen LogP contribution in [0.1, 0.15) is 58.8 Å². The summed E-state index contributed by atoms with van der Waals surface area (Å²) >= 11 is 0. The molecule has 2 rings (SSSR count). The topological polar surface area (TPSA) is 55.1 Å². The molecule has 0 spiro atoms. The van der Waals surface area contributed by atoms with Gasteiger partial charge in [0, 0.05) is 18.0 Å². The Hall–Kier alpha value is -0.570. The summed E-state index contributed by atoms with van der Waals surface area (Å²) in [5.41, 5.74) is 5.96. The van der Waals surface area contributed by atoms with Crippen molar-refractivity contribution in [3.8, 4) is 0 Å². The predicted octanol–water partition coefficient (Wildman–Crippen LogP) is 2.44. The van der Waals surface area contributed by atoms with Gasteiger partial charge in [0.1, 0.15) is 0 Å². The van der Waals surface area contributed by atoms with Crippen molar-refractivity contribution in [3.63, 3.8) is 0 Å². The number of carbonyl (C=O) groups excluding carboxylic acids is 1. The third-order valence-electron chi connectivity index (χ3n) is 4.61. The Balaban J connectivity index is 1.83. The van der Waals surface area contributed by atoms with Crippen LogP contribution in [0.15, 0.2) is 0 Å². The molecule has 2 aliphatic carbocycles. The van der Waals surface area contributed by atoms with Gasteiger partial charge >= 0.3 is 0 Å². The fraction of sp³-hybridized carbons (Fsp3) is 0.933. The second-order valence-corrected chi connectivity index (χ2v) is 6.75. The molecule has 0 radical (unpaired) electrons.